The van der Waals surface area contributed by atoms with Crippen LogP contribution in [0.2, 0.25) is 0 Å². The van der Waals surface area contributed by atoms with Crippen molar-refractivity contribution < 1.29 is 19.6 Å². The van der Waals surface area contributed by atoms with E-state index in [1.807, 2.05) is 0 Å². The van der Waals surface area contributed by atoms with Crippen molar-refractivity contribution in [2.75, 3.05) is 12.1 Å². The van der Waals surface area contributed by atoms with E-state index in [0.29, 0.717) is 15.3 Å². The number of hydrogen-bond acceptors (Lipinski definition) is 5. The zero-order valence-electron chi connectivity index (χ0n) is 8.23. The summed E-state index contributed by atoms with van der Waals surface area (Å²) in [5.74, 6) is 0. The Morgan fingerprint density at radius 1 is 1.44 bits per heavy atom. The van der Waals surface area contributed by atoms with Crippen LogP contribution in [0.4, 0.5) is 5.13 Å². The molecule has 0 unspecified atom stereocenters. The lowest BCUT2D eigenvalue weighted by Gasteiger charge is -2.02. The topological polar surface area (TPSA) is 93.9 Å². The van der Waals surface area contributed by atoms with Crippen molar-refractivity contribution in [1.82, 2.24) is 4.98 Å². The molecule has 6 nitrogen and oxygen atoms in total. The van der Waals surface area contributed by atoms with E-state index in [0.717, 1.165) is 16.4 Å². The van der Waals surface area contributed by atoms with Gasteiger partial charge in [0.1, 0.15) is 0 Å². The number of nitrogens with zero attached hydrogens (tertiary/aromatic N) is 2. The summed E-state index contributed by atoms with van der Waals surface area (Å²) in [6, 6.07) is 4.25. The second-order valence-electron chi connectivity index (χ2n) is 3.22. The molecule has 0 aliphatic rings. The molecule has 0 atom stereocenters. The normalized spacial score (nSPS) is 12.0. The Balaban J connectivity index is 2.58. The highest BCUT2D eigenvalue weighted by molar-refractivity contribution is 7.60. The van der Waals surface area contributed by atoms with E-state index in [1.54, 1.807) is 0 Å². The van der Waals surface area contributed by atoms with Crippen LogP contribution in [0, 0.1) is 0 Å². The monoisotopic (exact) mass is 260 g/mol. The number of rotatable bonds is 2. The van der Waals surface area contributed by atoms with Gasteiger partial charge in [-0.1, -0.05) is 11.3 Å². The molecular weight excluding hydrogens is 251 g/mol. The van der Waals surface area contributed by atoms with E-state index in [-0.39, 0.29) is 5.30 Å². The summed E-state index contributed by atoms with van der Waals surface area (Å²) in [5.41, 5.74) is 0.595. The van der Waals surface area contributed by atoms with Gasteiger partial charge in [0.05, 0.1) is 15.5 Å². The first-order chi connectivity index (χ1) is 7.38. The first kappa shape index (κ1) is 11.5. The van der Waals surface area contributed by atoms with Crippen LogP contribution < -0.4 is 10.4 Å². The number of hydroxylamine groups is 1. The molecule has 86 valence electrons. The molecule has 16 heavy (non-hydrogen) atoms. The minimum atomic E-state index is -4.23. The van der Waals surface area contributed by atoms with E-state index < -0.39 is 7.60 Å². The van der Waals surface area contributed by atoms with Crippen molar-refractivity contribution in [2.45, 2.75) is 0 Å². The maximum absolute atomic E-state index is 11.0. The van der Waals surface area contributed by atoms with Gasteiger partial charge < -0.3 is 9.79 Å². The number of thiazole rings is 1. The Kier molecular flexibility index (Phi) is 2.73. The van der Waals surface area contributed by atoms with Crippen molar-refractivity contribution in [2.24, 2.45) is 0 Å². The second-order valence-corrected chi connectivity index (χ2v) is 5.83. The molecule has 2 rings (SSSR count). The fraction of sp³-hybridized carbons (Fsp3) is 0.125. The minimum absolute atomic E-state index is 0.0456. The molecule has 1 aromatic carbocycles. The summed E-state index contributed by atoms with van der Waals surface area (Å²) in [7, 11) is -2.80. The van der Waals surface area contributed by atoms with Crippen molar-refractivity contribution in [3.8, 4) is 0 Å². The van der Waals surface area contributed by atoms with Gasteiger partial charge in [-0.15, -0.1) is 0 Å². The molecule has 0 spiro atoms. The molecule has 0 saturated carbocycles. The van der Waals surface area contributed by atoms with E-state index >= 15 is 0 Å². The van der Waals surface area contributed by atoms with Crippen LogP contribution in [0.3, 0.4) is 0 Å². The minimum Gasteiger partial charge on any atom is -0.321 e. The van der Waals surface area contributed by atoms with Crippen LogP contribution in [0.25, 0.3) is 10.2 Å². The molecule has 0 radical (unpaired) electrons. The average Bonchev–Trinajstić information content (AvgIpc) is 2.58. The second kappa shape index (κ2) is 3.80. The van der Waals surface area contributed by atoms with Gasteiger partial charge in [0, 0.05) is 7.05 Å². The van der Waals surface area contributed by atoms with Gasteiger partial charge in [0.15, 0.2) is 0 Å². The lowest BCUT2D eigenvalue weighted by molar-refractivity contribution is 0.279. The Morgan fingerprint density at radius 3 is 2.69 bits per heavy atom. The van der Waals surface area contributed by atoms with E-state index in [4.69, 9.17) is 9.79 Å². The number of anilines is 1. The zero-order valence-corrected chi connectivity index (χ0v) is 9.94. The van der Waals surface area contributed by atoms with E-state index in [1.165, 1.54) is 25.2 Å². The first-order valence-corrected chi connectivity index (χ1v) is 6.70. The van der Waals surface area contributed by atoms with Crippen molar-refractivity contribution in [1.29, 1.82) is 0 Å². The molecule has 1 heterocycles. The standard InChI is InChI=1S/C8H9N2O4PS/c1-10(11)8-9-6-3-2-5(15(12,13)14)4-7(6)16-8/h2-4,11H,1H3,(H2,12,13,14). The maximum atomic E-state index is 11.0. The highest BCUT2D eigenvalue weighted by Crippen LogP contribution is 2.35. The number of benzene rings is 1. The van der Waals surface area contributed by atoms with E-state index in [9.17, 15) is 9.77 Å². The predicted molar refractivity (Wildman–Crippen MR) is 61.5 cm³/mol. The van der Waals surface area contributed by atoms with Gasteiger partial charge in [0.25, 0.3) is 0 Å². The summed E-state index contributed by atoms with van der Waals surface area (Å²) < 4.78 is 11.7. The first-order valence-electron chi connectivity index (χ1n) is 4.27. The largest absolute Gasteiger partial charge is 0.356 e. The third kappa shape index (κ3) is 2.09. The molecule has 2 aromatic rings. The lowest BCUT2D eigenvalue weighted by Crippen LogP contribution is -2.08. The Bertz CT molecular complexity index is 576. The third-order valence-electron chi connectivity index (χ3n) is 1.97. The summed E-state index contributed by atoms with van der Waals surface area (Å²) in [5, 5.41) is 10.4. The van der Waals surface area contributed by atoms with Crippen LogP contribution in [0.5, 0.6) is 0 Å². The molecule has 3 N–H and O–H groups in total. The molecule has 0 aliphatic carbocycles. The third-order valence-corrected chi connectivity index (χ3v) is 4.01. The molecule has 0 bridgehead atoms. The van der Waals surface area contributed by atoms with Crippen molar-refractivity contribution >= 4 is 39.6 Å². The van der Waals surface area contributed by atoms with Gasteiger partial charge in [-0.3, -0.25) is 9.77 Å². The summed E-state index contributed by atoms with van der Waals surface area (Å²) in [6.07, 6.45) is 0. The van der Waals surface area contributed by atoms with Crippen LogP contribution in [-0.4, -0.2) is 27.0 Å². The predicted octanol–water partition coefficient (Wildman–Crippen LogP) is 0.925. The van der Waals surface area contributed by atoms with Crippen LogP contribution >= 0.6 is 18.9 Å². The number of hydrogen-bond donors (Lipinski definition) is 3. The summed E-state index contributed by atoms with van der Waals surface area (Å²) in [6.45, 7) is 0. The molecule has 0 aliphatic heterocycles. The smallest absolute Gasteiger partial charge is 0.321 e. The molecule has 1 aromatic heterocycles. The highest BCUT2D eigenvalue weighted by atomic mass is 32.1. The zero-order chi connectivity index (χ0) is 11.9. The lowest BCUT2D eigenvalue weighted by atomic mass is 10.3. The quantitative estimate of drug-likeness (QED) is 0.549. The van der Waals surface area contributed by atoms with E-state index in [2.05, 4.69) is 4.98 Å². The Hall–Kier alpha value is -0.980. The Labute approximate surface area is 94.9 Å². The Morgan fingerprint density at radius 2 is 2.12 bits per heavy atom. The molecular formula is C8H9N2O4PS. The van der Waals surface area contributed by atoms with Crippen molar-refractivity contribution in [3.63, 3.8) is 0 Å². The van der Waals surface area contributed by atoms with Gasteiger partial charge >= 0.3 is 7.60 Å². The van der Waals surface area contributed by atoms with Crippen LogP contribution in [0.1, 0.15) is 0 Å². The number of aromatic nitrogens is 1. The molecule has 8 heteroatoms. The van der Waals surface area contributed by atoms with Crippen LogP contribution in [0.15, 0.2) is 18.2 Å². The molecule has 0 amide bonds. The fourth-order valence-electron chi connectivity index (χ4n) is 1.22. The highest BCUT2D eigenvalue weighted by Gasteiger charge is 2.18. The summed E-state index contributed by atoms with van der Waals surface area (Å²) in [4.78, 5) is 22.1. The summed E-state index contributed by atoms with van der Waals surface area (Å²) >= 11 is 1.16. The van der Waals surface area contributed by atoms with Crippen molar-refractivity contribution in [3.05, 3.63) is 18.2 Å². The number of fused-ring (bicyclic) bond motifs is 1. The molecule has 0 saturated heterocycles. The molecule has 0 fully saturated rings. The SMILES string of the molecule is CN(O)c1nc2ccc(P(=O)(O)O)cc2s1. The maximum Gasteiger partial charge on any atom is 0.356 e. The van der Waals surface area contributed by atoms with Gasteiger partial charge in [-0.25, -0.2) is 10.0 Å². The van der Waals surface area contributed by atoms with Gasteiger partial charge in [0.2, 0.25) is 5.13 Å². The van der Waals surface area contributed by atoms with Gasteiger partial charge in [-0.05, 0) is 18.2 Å². The van der Waals surface area contributed by atoms with Gasteiger partial charge in [-0.2, -0.15) is 0 Å². The fourth-order valence-corrected chi connectivity index (χ4v) is 2.75. The van der Waals surface area contributed by atoms with Crippen LogP contribution in [-0.2, 0) is 4.57 Å². The average molecular weight is 260 g/mol.